The molecule has 0 aromatic heterocycles. The van der Waals surface area contributed by atoms with E-state index >= 15 is 0 Å². The van der Waals surface area contributed by atoms with Crippen molar-refractivity contribution in [2.75, 3.05) is 0 Å². The van der Waals surface area contributed by atoms with Crippen LogP contribution in [-0.2, 0) is 5.41 Å². The molecule has 0 amide bonds. The van der Waals surface area contributed by atoms with Gasteiger partial charge in [-0.05, 0) is 42.9 Å². The Bertz CT molecular complexity index is 416. The number of hydrogen-bond donors (Lipinski definition) is 0. The van der Waals surface area contributed by atoms with Gasteiger partial charge in [0.1, 0.15) is 0 Å². The second kappa shape index (κ2) is 4.93. The number of benzene rings is 1. The third-order valence-electron chi connectivity index (χ3n) is 3.01. The van der Waals surface area contributed by atoms with Gasteiger partial charge < -0.3 is 0 Å². The quantitative estimate of drug-likeness (QED) is 0.577. The SMILES string of the molecule is Cc1cc(C(C)(C)C)cc(C)c1C(=O)C(C)Br. The van der Waals surface area contributed by atoms with E-state index in [4.69, 9.17) is 0 Å². The first-order chi connectivity index (χ1) is 7.64. The molecule has 1 unspecified atom stereocenters. The van der Waals surface area contributed by atoms with Crippen LogP contribution in [0, 0.1) is 13.8 Å². The lowest BCUT2D eigenvalue weighted by atomic mass is 9.83. The molecule has 0 aliphatic rings. The number of aryl methyl sites for hydroxylation is 2. The van der Waals surface area contributed by atoms with E-state index in [1.165, 1.54) is 5.56 Å². The maximum atomic E-state index is 12.1. The minimum atomic E-state index is -0.125. The number of carbonyl (C=O) groups is 1. The van der Waals surface area contributed by atoms with Gasteiger partial charge in [0.05, 0.1) is 4.83 Å². The summed E-state index contributed by atoms with van der Waals surface area (Å²) in [7, 11) is 0. The van der Waals surface area contributed by atoms with Crippen LogP contribution < -0.4 is 0 Å². The predicted molar refractivity (Wildman–Crippen MR) is 77.3 cm³/mol. The number of carbonyl (C=O) groups excluding carboxylic acids is 1. The zero-order valence-electron chi connectivity index (χ0n) is 11.5. The molecule has 0 saturated carbocycles. The van der Waals surface area contributed by atoms with Crippen molar-refractivity contribution in [2.45, 2.75) is 51.8 Å². The van der Waals surface area contributed by atoms with Crippen molar-refractivity contribution in [3.63, 3.8) is 0 Å². The summed E-state index contributed by atoms with van der Waals surface area (Å²) in [5.74, 6) is 0.167. The highest BCUT2D eigenvalue weighted by atomic mass is 79.9. The minimum Gasteiger partial charge on any atom is -0.293 e. The fourth-order valence-electron chi connectivity index (χ4n) is 1.98. The maximum absolute atomic E-state index is 12.1. The van der Waals surface area contributed by atoms with Gasteiger partial charge in [-0.3, -0.25) is 4.79 Å². The molecule has 1 aromatic rings. The summed E-state index contributed by atoms with van der Waals surface area (Å²) in [6, 6.07) is 4.27. The first-order valence-corrected chi connectivity index (χ1v) is 6.86. The van der Waals surface area contributed by atoms with Crippen LogP contribution in [0.25, 0.3) is 0 Å². The monoisotopic (exact) mass is 296 g/mol. The van der Waals surface area contributed by atoms with Crippen molar-refractivity contribution >= 4 is 21.7 Å². The smallest absolute Gasteiger partial charge is 0.176 e. The molecule has 2 heteroatoms. The van der Waals surface area contributed by atoms with Crippen LogP contribution >= 0.6 is 15.9 Å². The van der Waals surface area contributed by atoms with Crippen molar-refractivity contribution in [2.24, 2.45) is 0 Å². The number of halogens is 1. The molecule has 0 saturated heterocycles. The lowest BCUT2D eigenvalue weighted by molar-refractivity contribution is 0.0994. The van der Waals surface area contributed by atoms with E-state index in [1.807, 2.05) is 20.8 Å². The van der Waals surface area contributed by atoms with Gasteiger partial charge in [-0.1, -0.05) is 48.8 Å². The van der Waals surface area contributed by atoms with E-state index in [1.54, 1.807) is 0 Å². The molecule has 1 rings (SSSR count). The van der Waals surface area contributed by atoms with Gasteiger partial charge in [0.2, 0.25) is 0 Å². The van der Waals surface area contributed by atoms with Crippen molar-refractivity contribution in [1.29, 1.82) is 0 Å². The Kier molecular flexibility index (Phi) is 4.19. The standard InChI is InChI=1S/C15H21BrO/c1-9-7-12(15(4,5)6)8-10(2)13(9)14(17)11(3)16/h7-8,11H,1-6H3. The molecule has 1 atom stereocenters. The van der Waals surface area contributed by atoms with E-state index in [0.717, 1.165) is 16.7 Å². The van der Waals surface area contributed by atoms with Gasteiger partial charge in [-0.2, -0.15) is 0 Å². The number of Topliss-reactive ketones (excluding diaryl/α,β-unsaturated/α-hetero) is 1. The molecule has 0 fully saturated rings. The Balaban J connectivity index is 3.35. The first kappa shape index (κ1) is 14.4. The Morgan fingerprint density at radius 1 is 1.18 bits per heavy atom. The van der Waals surface area contributed by atoms with Gasteiger partial charge in [0, 0.05) is 5.56 Å². The number of rotatable bonds is 2. The van der Waals surface area contributed by atoms with Crippen LogP contribution in [0.3, 0.4) is 0 Å². The van der Waals surface area contributed by atoms with Crippen molar-refractivity contribution in [3.05, 3.63) is 34.4 Å². The molecule has 0 bridgehead atoms. The minimum absolute atomic E-state index is 0.122. The van der Waals surface area contributed by atoms with Crippen molar-refractivity contribution < 1.29 is 4.79 Å². The second-order valence-electron chi connectivity index (χ2n) is 5.72. The summed E-state index contributed by atoms with van der Waals surface area (Å²) < 4.78 is 0. The van der Waals surface area contributed by atoms with Gasteiger partial charge in [0.25, 0.3) is 0 Å². The molecule has 0 spiro atoms. The first-order valence-electron chi connectivity index (χ1n) is 5.94. The lowest BCUT2D eigenvalue weighted by Gasteiger charge is -2.22. The van der Waals surface area contributed by atoms with Crippen LogP contribution in [-0.4, -0.2) is 10.6 Å². The normalized spacial score (nSPS) is 13.6. The summed E-state index contributed by atoms with van der Waals surface area (Å²) in [4.78, 5) is 12.0. The molecule has 0 aliphatic carbocycles. The van der Waals surface area contributed by atoms with Crippen molar-refractivity contribution in [1.82, 2.24) is 0 Å². The van der Waals surface area contributed by atoms with E-state index in [2.05, 4.69) is 48.8 Å². The van der Waals surface area contributed by atoms with Crippen molar-refractivity contribution in [3.8, 4) is 0 Å². The molecular weight excluding hydrogens is 276 g/mol. The fourth-order valence-corrected chi connectivity index (χ4v) is 2.21. The zero-order chi connectivity index (χ0) is 13.4. The average Bonchev–Trinajstić information content (AvgIpc) is 2.14. The third kappa shape index (κ3) is 3.19. The zero-order valence-corrected chi connectivity index (χ0v) is 13.1. The summed E-state index contributed by atoms with van der Waals surface area (Å²) in [6.07, 6.45) is 0. The van der Waals surface area contributed by atoms with Crippen LogP contribution in [0.5, 0.6) is 0 Å². The van der Waals surface area contributed by atoms with Gasteiger partial charge in [-0.25, -0.2) is 0 Å². The van der Waals surface area contributed by atoms with E-state index < -0.39 is 0 Å². The molecule has 0 radical (unpaired) electrons. The van der Waals surface area contributed by atoms with E-state index in [0.29, 0.717) is 0 Å². The Hall–Kier alpha value is -0.630. The predicted octanol–water partition coefficient (Wildman–Crippen LogP) is 4.57. The van der Waals surface area contributed by atoms with Crippen LogP contribution in [0.1, 0.15) is 54.7 Å². The highest BCUT2D eigenvalue weighted by Crippen LogP contribution is 2.28. The molecule has 1 nitrogen and oxygen atoms in total. The van der Waals surface area contributed by atoms with Crippen LogP contribution in [0.4, 0.5) is 0 Å². The Morgan fingerprint density at radius 3 is 1.88 bits per heavy atom. The summed E-state index contributed by atoms with van der Waals surface area (Å²) >= 11 is 3.35. The molecule has 0 aliphatic heterocycles. The largest absolute Gasteiger partial charge is 0.293 e. The number of alkyl halides is 1. The topological polar surface area (TPSA) is 17.1 Å². The average molecular weight is 297 g/mol. The highest BCUT2D eigenvalue weighted by Gasteiger charge is 2.20. The Morgan fingerprint density at radius 2 is 1.59 bits per heavy atom. The molecular formula is C15H21BrO. The lowest BCUT2D eigenvalue weighted by Crippen LogP contribution is -2.17. The van der Waals surface area contributed by atoms with Gasteiger partial charge in [0.15, 0.2) is 5.78 Å². The molecule has 1 aromatic carbocycles. The van der Waals surface area contributed by atoms with Gasteiger partial charge in [-0.15, -0.1) is 0 Å². The summed E-state index contributed by atoms with van der Waals surface area (Å²) in [6.45, 7) is 12.5. The molecule has 94 valence electrons. The second-order valence-corrected chi connectivity index (χ2v) is 7.09. The Labute approximate surface area is 113 Å². The maximum Gasteiger partial charge on any atom is 0.176 e. The molecule has 0 N–H and O–H groups in total. The van der Waals surface area contributed by atoms with E-state index in [-0.39, 0.29) is 16.0 Å². The fraction of sp³-hybridized carbons (Fsp3) is 0.533. The number of ketones is 1. The third-order valence-corrected chi connectivity index (χ3v) is 3.42. The number of hydrogen-bond acceptors (Lipinski definition) is 1. The highest BCUT2D eigenvalue weighted by molar-refractivity contribution is 9.10. The van der Waals surface area contributed by atoms with Crippen LogP contribution in [0.15, 0.2) is 12.1 Å². The van der Waals surface area contributed by atoms with Gasteiger partial charge >= 0.3 is 0 Å². The molecule has 0 heterocycles. The summed E-state index contributed by atoms with van der Waals surface area (Å²) in [5.41, 5.74) is 4.42. The van der Waals surface area contributed by atoms with Crippen LogP contribution in [0.2, 0.25) is 0 Å². The van der Waals surface area contributed by atoms with E-state index in [9.17, 15) is 4.79 Å². The summed E-state index contributed by atoms with van der Waals surface area (Å²) in [5, 5.41) is 0. The molecule has 17 heavy (non-hydrogen) atoms.